The molecule has 21 heavy (non-hydrogen) atoms. The molecule has 0 bridgehead atoms. The van der Waals surface area contributed by atoms with Gasteiger partial charge in [0.1, 0.15) is 0 Å². The van der Waals surface area contributed by atoms with Crippen molar-refractivity contribution in [2.75, 3.05) is 6.54 Å². The molecule has 1 unspecified atom stereocenters. The molecule has 2 aliphatic rings. The molecule has 0 saturated heterocycles. The maximum atomic E-state index is 6.20. The molecule has 0 spiro atoms. The average molecular weight is 306 g/mol. The molecule has 1 N–H and O–H groups in total. The van der Waals surface area contributed by atoms with E-state index in [1.165, 1.54) is 49.7 Å². The zero-order valence-electron chi connectivity index (χ0n) is 13.4. The topological polar surface area (TPSA) is 12.0 Å². The largest absolute Gasteiger partial charge is 0.309 e. The summed E-state index contributed by atoms with van der Waals surface area (Å²) in [5, 5.41) is 4.69. The Morgan fingerprint density at radius 3 is 2.76 bits per heavy atom. The number of benzene rings is 1. The standard InChI is InChI=1S/C19H28ClN/c1-19(2)13-15-9-10-16(20)12-17(15)18(19)21-11-5-8-14-6-3-4-7-14/h9-10,12,14,18,21H,3-8,11,13H2,1-2H3. The first kappa shape index (κ1) is 15.4. The van der Waals surface area contributed by atoms with Crippen molar-refractivity contribution in [1.82, 2.24) is 5.32 Å². The van der Waals surface area contributed by atoms with Gasteiger partial charge in [0, 0.05) is 11.1 Å². The van der Waals surface area contributed by atoms with E-state index >= 15 is 0 Å². The van der Waals surface area contributed by atoms with Crippen LogP contribution in [0, 0.1) is 11.3 Å². The van der Waals surface area contributed by atoms with Gasteiger partial charge >= 0.3 is 0 Å². The maximum absolute atomic E-state index is 6.20. The highest BCUT2D eigenvalue weighted by atomic mass is 35.5. The summed E-state index contributed by atoms with van der Waals surface area (Å²) < 4.78 is 0. The van der Waals surface area contributed by atoms with Crippen LogP contribution in [0.5, 0.6) is 0 Å². The van der Waals surface area contributed by atoms with Crippen molar-refractivity contribution in [2.24, 2.45) is 11.3 Å². The Morgan fingerprint density at radius 2 is 2.00 bits per heavy atom. The van der Waals surface area contributed by atoms with Gasteiger partial charge < -0.3 is 5.32 Å². The van der Waals surface area contributed by atoms with Crippen LogP contribution in [0.4, 0.5) is 0 Å². The van der Waals surface area contributed by atoms with Gasteiger partial charge in [-0.15, -0.1) is 0 Å². The third-order valence-electron chi connectivity index (χ3n) is 5.46. The summed E-state index contributed by atoms with van der Waals surface area (Å²) in [6.45, 7) is 5.88. The van der Waals surface area contributed by atoms with Gasteiger partial charge in [-0.05, 0) is 60.4 Å². The van der Waals surface area contributed by atoms with Crippen LogP contribution in [0.1, 0.15) is 69.5 Å². The molecule has 0 amide bonds. The van der Waals surface area contributed by atoms with Gasteiger partial charge in [0.25, 0.3) is 0 Å². The Labute approximate surface area is 134 Å². The molecule has 3 rings (SSSR count). The summed E-state index contributed by atoms with van der Waals surface area (Å²) in [6.07, 6.45) is 9.72. The van der Waals surface area contributed by atoms with Crippen LogP contribution >= 0.6 is 11.6 Å². The number of fused-ring (bicyclic) bond motifs is 1. The van der Waals surface area contributed by atoms with Gasteiger partial charge in [0.15, 0.2) is 0 Å². The summed E-state index contributed by atoms with van der Waals surface area (Å²) in [4.78, 5) is 0. The first-order valence-electron chi connectivity index (χ1n) is 8.58. The van der Waals surface area contributed by atoms with E-state index in [0.717, 1.165) is 23.9 Å². The monoisotopic (exact) mass is 305 g/mol. The highest BCUT2D eigenvalue weighted by Gasteiger charge is 2.38. The zero-order valence-corrected chi connectivity index (χ0v) is 14.2. The van der Waals surface area contributed by atoms with Gasteiger partial charge in [-0.3, -0.25) is 0 Å². The Kier molecular flexibility index (Phi) is 4.61. The molecular weight excluding hydrogens is 278 g/mol. The van der Waals surface area contributed by atoms with Crippen LogP contribution in [0.25, 0.3) is 0 Å². The van der Waals surface area contributed by atoms with E-state index in [0.29, 0.717) is 11.5 Å². The van der Waals surface area contributed by atoms with Crippen molar-refractivity contribution in [1.29, 1.82) is 0 Å². The number of halogens is 1. The number of nitrogens with one attached hydrogen (secondary N) is 1. The molecule has 0 aliphatic heterocycles. The third kappa shape index (κ3) is 3.46. The molecule has 0 heterocycles. The van der Waals surface area contributed by atoms with Gasteiger partial charge in [-0.1, -0.05) is 57.2 Å². The predicted octanol–water partition coefficient (Wildman–Crippen LogP) is 5.52. The fourth-order valence-electron chi connectivity index (χ4n) is 4.33. The minimum Gasteiger partial charge on any atom is -0.309 e. The van der Waals surface area contributed by atoms with Crippen LogP contribution in [0.15, 0.2) is 18.2 Å². The minimum absolute atomic E-state index is 0.292. The number of hydrogen-bond donors (Lipinski definition) is 1. The van der Waals surface area contributed by atoms with Gasteiger partial charge in [0.05, 0.1) is 0 Å². The lowest BCUT2D eigenvalue weighted by Crippen LogP contribution is -2.32. The molecule has 2 aliphatic carbocycles. The Balaban J connectivity index is 1.57. The van der Waals surface area contributed by atoms with Crippen LogP contribution in [-0.2, 0) is 6.42 Å². The van der Waals surface area contributed by atoms with Crippen LogP contribution in [0.3, 0.4) is 0 Å². The second-order valence-electron chi connectivity index (χ2n) is 7.69. The summed E-state index contributed by atoms with van der Waals surface area (Å²) in [7, 11) is 0. The lowest BCUT2D eigenvalue weighted by atomic mass is 9.85. The van der Waals surface area contributed by atoms with Crippen LogP contribution in [-0.4, -0.2) is 6.54 Å². The molecule has 0 radical (unpaired) electrons. The number of rotatable bonds is 5. The highest BCUT2D eigenvalue weighted by molar-refractivity contribution is 6.30. The van der Waals surface area contributed by atoms with E-state index in [1.54, 1.807) is 0 Å². The van der Waals surface area contributed by atoms with Gasteiger partial charge in [0.2, 0.25) is 0 Å². The van der Waals surface area contributed by atoms with Crippen molar-refractivity contribution in [3.05, 3.63) is 34.3 Å². The van der Waals surface area contributed by atoms with Crippen molar-refractivity contribution < 1.29 is 0 Å². The fraction of sp³-hybridized carbons (Fsp3) is 0.684. The third-order valence-corrected chi connectivity index (χ3v) is 5.69. The molecule has 1 aromatic rings. The number of hydrogen-bond acceptors (Lipinski definition) is 1. The lowest BCUT2D eigenvalue weighted by Gasteiger charge is -2.29. The predicted molar refractivity (Wildman–Crippen MR) is 90.9 cm³/mol. The molecular formula is C19H28ClN. The quantitative estimate of drug-likeness (QED) is 0.706. The molecule has 116 valence electrons. The van der Waals surface area contributed by atoms with Crippen molar-refractivity contribution in [3.63, 3.8) is 0 Å². The lowest BCUT2D eigenvalue weighted by molar-refractivity contribution is 0.266. The van der Waals surface area contributed by atoms with E-state index in [4.69, 9.17) is 11.6 Å². The summed E-state index contributed by atoms with van der Waals surface area (Å²) in [5.41, 5.74) is 3.19. The molecule has 1 saturated carbocycles. The van der Waals surface area contributed by atoms with Gasteiger partial charge in [-0.25, -0.2) is 0 Å². The smallest absolute Gasteiger partial charge is 0.0409 e. The first-order valence-corrected chi connectivity index (χ1v) is 8.96. The normalized spacial score (nSPS) is 24.4. The zero-order chi connectivity index (χ0) is 14.9. The Bertz CT molecular complexity index is 488. The van der Waals surface area contributed by atoms with Crippen molar-refractivity contribution in [3.8, 4) is 0 Å². The molecule has 0 aromatic heterocycles. The Morgan fingerprint density at radius 1 is 1.24 bits per heavy atom. The van der Waals surface area contributed by atoms with Crippen molar-refractivity contribution >= 4 is 11.6 Å². The molecule has 1 atom stereocenters. The summed E-state index contributed by atoms with van der Waals surface area (Å²) >= 11 is 6.20. The second kappa shape index (κ2) is 6.30. The second-order valence-corrected chi connectivity index (χ2v) is 8.12. The Hall–Kier alpha value is -0.530. The van der Waals surface area contributed by atoms with Crippen molar-refractivity contribution in [2.45, 2.75) is 64.8 Å². The average Bonchev–Trinajstić information content (AvgIpc) is 3.01. The molecule has 1 nitrogen and oxygen atoms in total. The molecule has 2 heteroatoms. The first-order chi connectivity index (χ1) is 10.1. The summed E-state index contributed by atoms with van der Waals surface area (Å²) in [5.74, 6) is 1.00. The van der Waals surface area contributed by atoms with Crippen LogP contribution in [0.2, 0.25) is 5.02 Å². The molecule has 1 fully saturated rings. The van der Waals surface area contributed by atoms with E-state index < -0.39 is 0 Å². The highest BCUT2D eigenvalue weighted by Crippen LogP contribution is 2.45. The van der Waals surface area contributed by atoms with E-state index in [1.807, 2.05) is 6.07 Å². The SMILES string of the molecule is CC1(C)Cc2ccc(Cl)cc2C1NCCCC1CCCC1. The molecule has 1 aromatic carbocycles. The fourth-order valence-corrected chi connectivity index (χ4v) is 4.51. The van der Waals surface area contributed by atoms with Crippen LogP contribution < -0.4 is 5.32 Å². The van der Waals surface area contributed by atoms with E-state index in [9.17, 15) is 0 Å². The summed E-state index contributed by atoms with van der Waals surface area (Å²) in [6, 6.07) is 6.86. The van der Waals surface area contributed by atoms with Gasteiger partial charge in [-0.2, -0.15) is 0 Å². The van der Waals surface area contributed by atoms with E-state index in [2.05, 4.69) is 31.3 Å². The van der Waals surface area contributed by atoms with E-state index in [-0.39, 0.29) is 0 Å². The maximum Gasteiger partial charge on any atom is 0.0409 e. The minimum atomic E-state index is 0.292.